The van der Waals surface area contributed by atoms with Crippen LogP contribution in [0, 0.1) is 0 Å². The molecule has 3 atom stereocenters. The summed E-state index contributed by atoms with van der Waals surface area (Å²) in [7, 11) is -1.15. The first-order valence-corrected chi connectivity index (χ1v) is 11.4. The highest BCUT2D eigenvalue weighted by Crippen LogP contribution is 2.34. The molecule has 0 spiro atoms. The quantitative estimate of drug-likeness (QED) is 0.808. The minimum Gasteiger partial charge on any atom is -0.418 e. The number of nitrogens with one attached hydrogen (secondary N) is 1. The fraction of sp³-hybridized carbons (Fsp3) is 0.688. The van der Waals surface area contributed by atoms with Gasteiger partial charge in [0.1, 0.15) is 12.3 Å². The van der Waals surface area contributed by atoms with Crippen LogP contribution in [0.1, 0.15) is 33.4 Å². The molecule has 2 aromatic heterocycles. The molecule has 0 amide bonds. The summed E-state index contributed by atoms with van der Waals surface area (Å²) in [6.07, 6.45) is 3.12. The van der Waals surface area contributed by atoms with Gasteiger partial charge in [0.2, 0.25) is 0 Å². The molecule has 2 aromatic rings. The summed E-state index contributed by atoms with van der Waals surface area (Å²) in [5.74, 6) is 0. The average Bonchev–Trinajstić information content (AvgIpc) is 3.08. The van der Waals surface area contributed by atoms with E-state index in [1.54, 1.807) is 10.9 Å². The monoisotopic (exact) mass is 366 g/mol. The number of hydrogen-bond donors (Lipinski definition) is 1. The molecule has 0 unspecified atom stereocenters. The number of fused-ring (bicyclic) bond motifs is 1. The third-order valence-electron chi connectivity index (χ3n) is 3.95. The van der Waals surface area contributed by atoms with Crippen molar-refractivity contribution in [3.8, 4) is 0 Å². The fourth-order valence-corrected chi connectivity index (χ4v) is 3.53. The van der Waals surface area contributed by atoms with Crippen molar-refractivity contribution < 1.29 is 13.9 Å². The van der Waals surface area contributed by atoms with Gasteiger partial charge in [-0.15, -0.1) is 0 Å². The Kier molecular flexibility index (Phi) is 5.10. The van der Waals surface area contributed by atoms with Crippen LogP contribution >= 0.6 is 0 Å². The van der Waals surface area contributed by atoms with Crippen LogP contribution in [-0.2, 0) is 13.9 Å². The van der Waals surface area contributed by atoms with Crippen molar-refractivity contribution in [1.29, 1.82) is 0 Å². The lowest BCUT2D eigenvalue weighted by atomic mass is 10.1. The number of hydrogen-bond acceptors (Lipinski definition) is 6. The van der Waals surface area contributed by atoms with Gasteiger partial charge in [-0.2, -0.15) is 0 Å². The molecule has 8 nitrogen and oxygen atoms in total. The Morgan fingerprint density at radius 2 is 2.16 bits per heavy atom. The molecule has 1 aliphatic heterocycles. The topological polar surface area (TPSA) is 91.3 Å². The number of ether oxygens (including phenoxy) is 2. The summed E-state index contributed by atoms with van der Waals surface area (Å²) >= 11 is 0. The van der Waals surface area contributed by atoms with E-state index in [9.17, 15) is 4.79 Å². The molecular weight excluding hydrogens is 340 g/mol. The van der Waals surface area contributed by atoms with Gasteiger partial charge < -0.3 is 18.9 Å². The lowest BCUT2D eigenvalue weighted by molar-refractivity contribution is -0.103. The third kappa shape index (κ3) is 4.17. The maximum Gasteiger partial charge on any atom is 0.278 e. The molecule has 1 saturated heterocycles. The highest BCUT2D eigenvalue weighted by Gasteiger charge is 2.40. The highest BCUT2D eigenvalue weighted by molar-refractivity contribution is 6.48. The SMILES string of the molecule is C[SiH](C)OC[C@H]1O[C@@H](n2cnc3c(=O)[nH]cnc32)C[C@@H]1OC(C)(C)C. The van der Waals surface area contributed by atoms with Gasteiger partial charge >= 0.3 is 0 Å². The summed E-state index contributed by atoms with van der Waals surface area (Å²) in [5.41, 5.74) is 0.301. The van der Waals surface area contributed by atoms with Crippen LogP contribution in [0.4, 0.5) is 0 Å². The standard InChI is InChI=1S/C16H26N4O4Si/c1-16(2,3)24-10-6-12(23-11(10)7-22-25(4)5)20-9-19-13-14(20)17-8-18-15(13)21/h8-12,25H,6-7H2,1-5H3,(H,17,18,21)/t10-,11+,12+/m0/s1. The van der Waals surface area contributed by atoms with E-state index in [-0.39, 0.29) is 29.6 Å². The van der Waals surface area contributed by atoms with E-state index in [1.165, 1.54) is 6.33 Å². The molecule has 25 heavy (non-hydrogen) atoms. The Bertz CT molecular complexity index is 782. The minimum atomic E-state index is -1.15. The normalized spacial score (nSPS) is 24.5. The molecule has 0 aromatic carbocycles. The second-order valence-electron chi connectivity index (χ2n) is 7.57. The van der Waals surface area contributed by atoms with Crippen LogP contribution in [0.25, 0.3) is 11.2 Å². The predicted molar refractivity (Wildman–Crippen MR) is 96.1 cm³/mol. The van der Waals surface area contributed by atoms with E-state index < -0.39 is 9.04 Å². The predicted octanol–water partition coefficient (Wildman–Crippen LogP) is 1.59. The van der Waals surface area contributed by atoms with Crippen molar-refractivity contribution in [1.82, 2.24) is 19.5 Å². The first-order valence-electron chi connectivity index (χ1n) is 8.59. The van der Waals surface area contributed by atoms with Crippen molar-refractivity contribution >= 4 is 20.2 Å². The van der Waals surface area contributed by atoms with E-state index in [2.05, 4.69) is 28.0 Å². The van der Waals surface area contributed by atoms with E-state index in [0.29, 0.717) is 24.2 Å². The van der Waals surface area contributed by atoms with Crippen LogP contribution in [0.15, 0.2) is 17.4 Å². The van der Waals surface area contributed by atoms with Gasteiger partial charge in [-0.25, -0.2) is 9.97 Å². The van der Waals surface area contributed by atoms with Gasteiger partial charge in [-0.05, 0) is 33.9 Å². The number of aromatic amines is 1. The molecule has 0 saturated carbocycles. The Labute approximate surface area is 148 Å². The lowest BCUT2D eigenvalue weighted by Crippen LogP contribution is -2.36. The zero-order chi connectivity index (χ0) is 18.2. The van der Waals surface area contributed by atoms with Gasteiger partial charge in [-0.3, -0.25) is 9.36 Å². The molecule has 3 rings (SSSR count). The molecule has 1 fully saturated rings. The van der Waals surface area contributed by atoms with Crippen molar-refractivity contribution in [2.75, 3.05) is 6.61 Å². The maximum absolute atomic E-state index is 11.8. The number of imidazole rings is 1. The van der Waals surface area contributed by atoms with Crippen molar-refractivity contribution in [2.24, 2.45) is 0 Å². The second-order valence-corrected chi connectivity index (χ2v) is 10.0. The molecular formula is C16H26N4O4Si. The summed E-state index contributed by atoms with van der Waals surface area (Å²) in [6, 6.07) is 0. The molecule has 9 heteroatoms. The van der Waals surface area contributed by atoms with Crippen LogP contribution < -0.4 is 5.56 Å². The van der Waals surface area contributed by atoms with Crippen LogP contribution in [0.3, 0.4) is 0 Å². The van der Waals surface area contributed by atoms with E-state index in [1.807, 2.05) is 20.8 Å². The van der Waals surface area contributed by atoms with Gasteiger partial charge in [0, 0.05) is 6.42 Å². The average molecular weight is 366 g/mol. The molecule has 3 heterocycles. The molecule has 138 valence electrons. The van der Waals surface area contributed by atoms with Crippen LogP contribution in [0.2, 0.25) is 13.1 Å². The highest BCUT2D eigenvalue weighted by atomic mass is 28.3. The fourth-order valence-electron chi connectivity index (χ4n) is 2.96. The van der Waals surface area contributed by atoms with Crippen molar-refractivity contribution in [3.05, 3.63) is 23.0 Å². The number of nitrogens with zero attached hydrogens (tertiary/aromatic N) is 3. The summed E-state index contributed by atoms with van der Waals surface area (Å²) in [6.45, 7) is 10.9. The van der Waals surface area contributed by atoms with Crippen LogP contribution in [-0.4, -0.2) is 53.0 Å². The Balaban J connectivity index is 1.84. The molecule has 1 aliphatic rings. The zero-order valence-electron chi connectivity index (χ0n) is 15.4. The molecule has 0 aliphatic carbocycles. The zero-order valence-corrected chi connectivity index (χ0v) is 16.5. The van der Waals surface area contributed by atoms with E-state index in [4.69, 9.17) is 13.9 Å². The summed E-state index contributed by atoms with van der Waals surface area (Å²) in [5, 5.41) is 0. The van der Waals surface area contributed by atoms with Gasteiger partial charge in [0.05, 0.1) is 31.0 Å². The van der Waals surface area contributed by atoms with Gasteiger partial charge in [0.15, 0.2) is 20.2 Å². The second kappa shape index (κ2) is 6.98. The summed E-state index contributed by atoms with van der Waals surface area (Å²) in [4.78, 5) is 22.8. The smallest absolute Gasteiger partial charge is 0.278 e. The number of aromatic nitrogens is 4. The molecule has 0 radical (unpaired) electrons. The first kappa shape index (κ1) is 18.2. The van der Waals surface area contributed by atoms with Gasteiger partial charge in [0.25, 0.3) is 5.56 Å². The van der Waals surface area contributed by atoms with Gasteiger partial charge in [-0.1, -0.05) is 0 Å². The summed E-state index contributed by atoms with van der Waals surface area (Å²) < 4.78 is 20.1. The Hall–Kier alpha value is -1.55. The van der Waals surface area contributed by atoms with E-state index >= 15 is 0 Å². The van der Waals surface area contributed by atoms with Crippen molar-refractivity contribution in [3.63, 3.8) is 0 Å². The third-order valence-corrected chi connectivity index (χ3v) is 4.81. The van der Waals surface area contributed by atoms with E-state index in [0.717, 1.165) is 0 Å². The first-order chi connectivity index (χ1) is 11.7. The lowest BCUT2D eigenvalue weighted by Gasteiger charge is -2.28. The van der Waals surface area contributed by atoms with Crippen LogP contribution in [0.5, 0.6) is 0 Å². The number of H-pyrrole nitrogens is 1. The van der Waals surface area contributed by atoms with Crippen molar-refractivity contribution in [2.45, 2.75) is 64.3 Å². The molecule has 1 N–H and O–H groups in total. The molecule has 0 bridgehead atoms. The maximum atomic E-state index is 11.8. The Morgan fingerprint density at radius 3 is 2.84 bits per heavy atom. The number of rotatable bonds is 5. The largest absolute Gasteiger partial charge is 0.418 e. The Morgan fingerprint density at radius 1 is 1.40 bits per heavy atom. The minimum absolute atomic E-state index is 0.0859.